The van der Waals surface area contributed by atoms with Crippen molar-refractivity contribution in [2.24, 2.45) is 0 Å². The number of nitrogen functional groups attached to an aromatic ring is 1. The minimum atomic E-state index is -0.498. The molecule has 0 radical (unpaired) electrons. The van der Waals surface area contributed by atoms with Crippen molar-refractivity contribution in [1.29, 1.82) is 0 Å². The molecule has 4 N–H and O–H groups in total. The highest BCUT2D eigenvalue weighted by Gasteiger charge is 2.37. The number of piperidine rings is 2. The summed E-state index contributed by atoms with van der Waals surface area (Å²) >= 11 is 0. The van der Waals surface area contributed by atoms with Crippen LogP contribution in [0, 0.1) is 5.82 Å². The number of likely N-dealkylation sites (tertiary alicyclic amines) is 1. The van der Waals surface area contributed by atoms with Crippen LogP contribution in [-0.4, -0.2) is 121 Å². The first kappa shape index (κ1) is 48.2. The number of fused-ring (bicyclic) bond motifs is 1. The molecule has 2 aliphatic carbocycles. The molecule has 1 unspecified atom stereocenters. The molecule has 18 nitrogen and oxygen atoms in total. The SMILES string of the molecule is CC.CCOC(=O)N1CCC(c2cnc(-c3c(-c4nn(C(C)C)c5ncnc(N)c45)noc3C3CC3)nc2)CC1.O=C1CCC(Nc2ccc(N3CCN(C4CCCCC4)CC3)c(F)c2)C(=O)N1. The predicted molar refractivity (Wildman–Crippen MR) is 257 cm³/mol. The first-order chi connectivity index (χ1) is 33.1. The second-order valence-corrected chi connectivity index (χ2v) is 18.3. The van der Waals surface area contributed by atoms with Gasteiger partial charge in [0.25, 0.3) is 0 Å². The zero-order valence-corrected chi connectivity index (χ0v) is 40.0. The quantitative estimate of drug-likeness (QED) is 0.114. The topological polar surface area (TPSA) is 216 Å². The number of carbonyl (C=O) groups is 3. The molecule has 0 bridgehead atoms. The first-order valence-corrected chi connectivity index (χ1v) is 24.7. The van der Waals surface area contributed by atoms with Gasteiger partial charge in [-0.1, -0.05) is 38.3 Å². The monoisotopic (exact) mass is 936 g/mol. The number of anilines is 3. The van der Waals surface area contributed by atoms with Crippen LogP contribution < -0.4 is 21.3 Å². The van der Waals surface area contributed by atoms with Crippen molar-refractivity contribution in [3.8, 4) is 22.8 Å². The molecule has 4 aromatic heterocycles. The molecule has 3 amide bonds. The standard InChI is InChI=1S/C26H31N9O3.C21H29FN4O2.C2H6/c1-4-37-26(36)34-9-7-15(8-10-34)17-11-28-24(29-12-17)18-21(33-38-22(18)16-5-6-16)20-19-23(27)30-13-31-25(19)35(32-20)14(2)3;22-17-14-15(23-18-7-9-20(27)24-21(18)28)6-8-19(17)26-12-10-25(11-13-26)16-4-2-1-3-5-16;1-2/h11-16H,4-10H2,1-3H3,(H2,27,30,31);6,8,14,16,18,23H,1-5,7,9-13H2,(H,24,27,28);1-2H3. The second-order valence-electron chi connectivity index (χ2n) is 18.3. The van der Waals surface area contributed by atoms with Gasteiger partial charge in [0, 0.05) is 81.8 Å². The van der Waals surface area contributed by atoms with Crippen molar-refractivity contribution in [3.05, 3.63) is 54.1 Å². The van der Waals surface area contributed by atoms with Crippen LogP contribution in [0.3, 0.4) is 0 Å². The highest BCUT2D eigenvalue weighted by atomic mass is 19.1. The van der Waals surface area contributed by atoms with Crippen molar-refractivity contribution in [3.63, 3.8) is 0 Å². The Hall–Kier alpha value is -6.24. The Bertz CT molecular complexity index is 2520. The molecule has 3 aliphatic heterocycles. The number of piperazine rings is 1. The molecule has 68 heavy (non-hydrogen) atoms. The van der Waals surface area contributed by atoms with Crippen LogP contribution in [0.25, 0.3) is 33.8 Å². The van der Waals surface area contributed by atoms with E-state index in [-0.39, 0.29) is 41.6 Å². The van der Waals surface area contributed by atoms with Gasteiger partial charge in [-0.25, -0.2) is 33.8 Å². The Labute approximate surface area is 397 Å². The van der Waals surface area contributed by atoms with E-state index in [1.54, 1.807) is 11.0 Å². The largest absolute Gasteiger partial charge is 0.450 e. The molecule has 0 spiro atoms. The van der Waals surface area contributed by atoms with Crippen LogP contribution in [0.2, 0.25) is 0 Å². The number of aromatic nitrogens is 7. The Morgan fingerprint density at radius 3 is 2.28 bits per heavy atom. The maximum absolute atomic E-state index is 14.7. The molecule has 2 saturated carbocycles. The molecule has 5 aliphatic rings. The van der Waals surface area contributed by atoms with E-state index < -0.39 is 6.04 Å². The van der Waals surface area contributed by atoms with Crippen LogP contribution in [0.4, 0.5) is 26.4 Å². The number of benzene rings is 1. The molecule has 19 heteroatoms. The number of nitrogens with zero attached hydrogens (tertiary/aromatic N) is 10. The third kappa shape index (κ3) is 10.7. The molecule has 1 aromatic carbocycles. The van der Waals surface area contributed by atoms with Gasteiger partial charge < -0.3 is 30.1 Å². The van der Waals surface area contributed by atoms with E-state index in [4.69, 9.17) is 30.1 Å². The number of ether oxygens (including phenoxy) is 1. The smallest absolute Gasteiger partial charge is 0.409 e. The Kier molecular flexibility index (Phi) is 15.5. The van der Waals surface area contributed by atoms with Gasteiger partial charge in [-0.3, -0.25) is 19.8 Å². The lowest BCUT2D eigenvalue weighted by atomic mass is 9.91. The molecular weight excluding hydrogens is 870 g/mol. The predicted octanol–water partition coefficient (Wildman–Crippen LogP) is 7.84. The number of hydrogen-bond donors (Lipinski definition) is 3. The highest BCUT2D eigenvalue weighted by Crippen LogP contribution is 2.48. The molecular formula is C49H66FN13O5. The van der Waals surface area contributed by atoms with E-state index in [0.29, 0.717) is 84.0 Å². The summed E-state index contributed by atoms with van der Waals surface area (Å²) in [7, 11) is 0. The summed E-state index contributed by atoms with van der Waals surface area (Å²) < 4.78 is 27.6. The number of halogens is 1. The van der Waals surface area contributed by atoms with E-state index in [1.807, 2.05) is 57.8 Å². The highest BCUT2D eigenvalue weighted by molar-refractivity contribution is 6.02. The third-order valence-corrected chi connectivity index (χ3v) is 13.6. The summed E-state index contributed by atoms with van der Waals surface area (Å²) in [4.78, 5) is 59.8. The summed E-state index contributed by atoms with van der Waals surface area (Å²) in [5, 5.41) is 15.3. The number of rotatable bonds is 10. The van der Waals surface area contributed by atoms with Crippen molar-refractivity contribution < 1.29 is 28.0 Å². The fraction of sp³-hybridized carbons (Fsp3) is 0.571. The zero-order valence-electron chi connectivity index (χ0n) is 40.0. The number of imide groups is 1. The molecule has 10 rings (SSSR count). The first-order valence-electron chi connectivity index (χ1n) is 24.7. The maximum Gasteiger partial charge on any atom is 0.409 e. The molecule has 364 valence electrons. The van der Waals surface area contributed by atoms with Crippen LogP contribution in [0.1, 0.15) is 134 Å². The fourth-order valence-corrected chi connectivity index (χ4v) is 9.77. The molecule has 7 heterocycles. The number of hydrogen-bond acceptors (Lipinski definition) is 15. The number of carbonyl (C=O) groups excluding carboxylic acids is 3. The molecule has 5 aromatic rings. The Morgan fingerprint density at radius 1 is 0.912 bits per heavy atom. The fourth-order valence-electron chi connectivity index (χ4n) is 9.77. The van der Waals surface area contributed by atoms with Gasteiger partial charge in [0.05, 0.1) is 23.2 Å². The minimum Gasteiger partial charge on any atom is -0.450 e. The van der Waals surface area contributed by atoms with E-state index in [1.165, 1.54) is 44.5 Å². The maximum atomic E-state index is 14.7. The van der Waals surface area contributed by atoms with Gasteiger partial charge >= 0.3 is 6.09 Å². The summed E-state index contributed by atoms with van der Waals surface area (Å²) in [6, 6.07) is 5.33. The van der Waals surface area contributed by atoms with Gasteiger partial charge in [0.15, 0.2) is 17.2 Å². The van der Waals surface area contributed by atoms with Crippen LogP contribution in [-0.2, 0) is 14.3 Å². The number of amides is 3. The van der Waals surface area contributed by atoms with Crippen molar-refractivity contribution in [1.82, 2.24) is 50.0 Å². The van der Waals surface area contributed by atoms with E-state index in [0.717, 1.165) is 68.7 Å². The van der Waals surface area contributed by atoms with Gasteiger partial charge in [-0.15, -0.1) is 0 Å². The van der Waals surface area contributed by atoms with Crippen LogP contribution in [0.5, 0.6) is 0 Å². The van der Waals surface area contributed by atoms with E-state index >= 15 is 0 Å². The summed E-state index contributed by atoms with van der Waals surface area (Å²) in [5.74, 6) is 1.34. The van der Waals surface area contributed by atoms with Crippen LogP contribution in [0.15, 0.2) is 41.4 Å². The average molecular weight is 936 g/mol. The van der Waals surface area contributed by atoms with Gasteiger partial charge in [0.2, 0.25) is 11.8 Å². The lowest BCUT2D eigenvalue weighted by Gasteiger charge is -2.41. The Morgan fingerprint density at radius 2 is 1.63 bits per heavy atom. The van der Waals surface area contributed by atoms with Crippen molar-refractivity contribution >= 4 is 46.1 Å². The lowest BCUT2D eigenvalue weighted by molar-refractivity contribution is -0.133. The molecule has 3 saturated heterocycles. The summed E-state index contributed by atoms with van der Waals surface area (Å²) in [5.41, 5.74) is 11.0. The Balaban J connectivity index is 0.000000185. The normalized spacial score (nSPS) is 19.5. The average Bonchev–Trinajstić information content (AvgIpc) is 3.99. The molecule has 1 atom stereocenters. The number of nitrogens with one attached hydrogen (secondary N) is 2. The zero-order chi connectivity index (χ0) is 47.9. The van der Waals surface area contributed by atoms with E-state index in [9.17, 15) is 18.8 Å². The number of nitrogens with two attached hydrogens (primary N) is 1. The van der Waals surface area contributed by atoms with Crippen LogP contribution >= 0.6 is 0 Å². The lowest BCUT2D eigenvalue weighted by Crippen LogP contribution is -2.51. The van der Waals surface area contributed by atoms with Gasteiger partial charge in [-0.05, 0) is 95.4 Å². The van der Waals surface area contributed by atoms with Gasteiger partial charge in [0.1, 0.15) is 35.4 Å². The third-order valence-electron chi connectivity index (χ3n) is 13.6. The van der Waals surface area contributed by atoms with Gasteiger partial charge in [-0.2, -0.15) is 5.10 Å². The summed E-state index contributed by atoms with van der Waals surface area (Å²) in [6.07, 6.45) is 16.1. The second kappa shape index (κ2) is 21.8. The van der Waals surface area contributed by atoms with E-state index in [2.05, 4.69) is 35.6 Å². The van der Waals surface area contributed by atoms with Crippen molar-refractivity contribution in [2.45, 2.75) is 135 Å². The minimum absolute atomic E-state index is 0.0598. The summed E-state index contributed by atoms with van der Waals surface area (Å²) in [6.45, 7) is 15.2. The van der Waals surface area contributed by atoms with Crippen molar-refractivity contribution in [2.75, 3.05) is 61.8 Å². The molecule has 5 fully saturated rings.